The molecule has 0 radical (unpaired) electrons. The minimum absolute atomic E-state index is 0.104. The number of halogens is 3. The van der Waals surface area contributed by atoms with Gasteiger partial charge in [-0.15, -0.1) is 13.2 Å². The number of anilines is 3. The van der Waals surface area contributed by atoms with Crippen molar-refractivity contribution in [2.45, 2.75) is 11.3 Å². The fourth-order valence-corrected chi connectivity index (χ4v) is 4.06. The van der Waals surface area contributed by atoms with Crippen molar-refractivity contribution in [2.24, 2.45) is 0 Å². The topological polar surface area (TPSA) is 136 Å². The summed E-state index contributed by atoms with van der Waals surface area (Å²) in [4.78, 5) is 18.5. The van der Waals surface area contributed by atoms with E-state index in [4.69, 9.17) is 0 Å². The van der Waals surface area contributed by atoms with Crippen LogP contribution >= 0.6 is 0 Å². The Bertz CT molecular complexity index is 1530. The van der Waals surface area contributed by atoms with Crippen molar-refractivity contribution in [2.75, 3.05) is 10.0 Å². The minimum atomic E-state index is -4.90. The predicted molar refractivity (Wildman–Crippen MR) is 120 cm³/mol. The van der Waals surface area contributed by atoms with Crippen molar-refractivity contribution in [3.05, 3.63) is 82.9 Å². The first-order chi connectivity index (χ1) is 16.5. The average Bonchev–Trinajstić information content (AvgIpc) is 2.78. The summed E-state index contributed by atoms with van der Waals surface area (Å²) in [5.74, 6) is -0.908. The molecule has 35 heavy (non-hydrogen) atoms. The van der Waals surface area contributed by atoms with Crippen molar-refractivity contribution in [1.29, 1.82) is 0 Å². The Morgan fingerprint density at radius 2 is 1.54 bits per heavy atom. The second kappa shape index (κ2) is 9.06. The number of fused-ring (bicyclic) bond motifs is 1. The molecule has 1 heterocycles. The summed E-state index contributed by atoms with van der Waals surface area (Å²) >= 11 is 0. The van der Waals surface area contributed by atoms with Gasteiger partial charge in [0, 0.05) is 23.9 Å². The number of non-ortho nitro benzene ring substituents is 1. The number of benzene rings is 3. The number of hydrogen-bond acceptors (Lipinski definition) is 8. The molecular weight excluding hydrogens is 491 g/mol. The van der Waals surface area contributed by atoms with Gasteiger partial charge in [0.1, 0.15) is 5.75 Å². The molecule has 2 N–H and O–H groups in total. The molecule has 0 amide bonds. The number of aromatic nitrogens is 2. The number of nitro groups is 1. The highest BCUT2D eigenvalue weighted by Gasteiger charge is 2.31. The van der Waals surface area contributed by atoms with Gasteiger partial charge in [-0.3, -0.25) is 14.8 Å². The monoisotopic (exact) mass is 505 g/mol. The van der Waals surface area contributed by atoms with E-state index in [1.807, 2.05) is 0 Å². The van der Waals surface area contributed by atoms with E-state index < -0.39 is 37.6 Å². The van der Waals surface area contributed by atoms with Gasteiger partial charge in [-0.2, -0.15) is 0 Å². The highest BCUT2D eigenvalue weighted by Crippen LogP contribution is 2.30. The Morgan fingerprint density at radius 1 is 0.886 bits per heavy atom. The van der Waals surface area contributed by atoms with Crippen LogP contribution in [0.2, 0.25) is 0 Å². The van der Waals surface area contributed by atoms with Crippen LogP contribution < -0.4 is 14.8 Å². The van der Waals surface area contributed by atoms with Crippen molar-refractivity contribution in [3.8, 4) is 5.75 Å². The van der Waals surface area contributed by atoms with E-state index in [1.54, 1.807) is 24.3 Å². The zero-order chi connectivity index (χ0) is 25.2. The first-order valence-corrected chi connectivity index (χ1v) is 11.2. The van der Waals surface area contributed by atoms with Crippen LogP contribution in [0.4, 0.5) is 36.2 Å². The number of nitro benzene ring substituents is 1. The van der Waals surface area contributed by atoms with Crippen molar-refractivity contribution in [1.82, 2.24) is 9.97 Å². The summed E-state index contributed by atoms with van der Waals surface area (Å²) in [6, 6.07) is 15.7. The Hall–Kier alpha value is -4.46. The Kier molecular flexibility index (Phi) is 6.13. The zero-order valence-corrected chi connectivity index (χ0v) is 18.2. The second-order valence-corrected chi connectivity index (χ2v) is 8.65. The first kappa shape index (κ1) is 23.7. The maximum atomic E-state index is 13.0. The molecule has 0 atom stereocenters. The van der Waals surface area contributed by atoms with Crippen LogP contribution in [-0.4, -0.2) is 29.7 Å². The maximum Gasteiger partial charge on any atom is 0.573 e. The molecule has 180 valence electrons. The van der Waals surface area contributed by atoms with Crippen LogP contribution in [0, 0.1) is 10.1 Å². The number of nitrogens with one attached hydrogen (secondary N) is 2. The maximum absolute atomic E-state index is 13.0. The van der Waals surface area contributed by atoms with Gasteiger partial charge in [-0.1, -0.05) is 24.3 Å². The van der Waals surface area contributed by atoms with E-state index >= 15 is 0 Å². The van der Waals surface area contributed by atoms with Gasteiger partial charge in [0.25, 0.3) is 15.7 Å². The molecule has 0 aliphatic carbocycles. The standard InChI is InChI=1S/C21H14F3N5O5S/c22-21(23,24)34-15-7-3-5-13(11-15)25-19-20(27-18-10-2-1-9-17(18)26-19)28-35(32,33)16-8-4-6-14(12-16)29(30)31/h1-12H,(H,25,26)(H,27,28). The molecule has 4 aromatic rings. The molecule has 0 fully saturated rings. The summed E-state index contributed by atoms with van der Waals surface area (Å²) in [7, 11) is -4.36. The third-order valence-corrected chi connectivity index (χ3v) is 5.81. The molecule has 0 unspecified atom stereocenters. The van der Waals surface area contributed by atoms with E-state index in [0.717, 1.165) is 30.3 Å². The third kappa shape index (κ3) is 5.73. The molecule has 14 heteroatoms. The van der Waals surface area contributed by atoms with Gasteiger partial charge in [-0.25, -0.2) is 18.4 Å². The summed E-state index contributed by atoms with van der Waals surface area (Å²) < 4.78 is 69.8. The lowest BCUT2D eigenvalue weighted by molar-refractivity contribution is -0.385. The zero-order valence-electron chi connectivity index (χ0n) is 17.4. The van der Waals surface area contributed by atoms with Crippen LogP contribution in [-0.2, 0) is 10.0 Å². The number of hydrogen-bond donors (Lipinski definition) is 2. The Morgan fingerprint density at radius 3 is 2.20 bits per heavy atom. The predicted octanol–water partition coefficient (Wildman–Crippen LogP) is 4.98. The van der Waals surface area contributed by atoms with Gasteiger partial charge >= 0.3 is 6.36 Å². The van der Waals surface area contributed by atoms with Crippen LogP contribution in [0.3, 0.4) is 0 Å². The second-order valence-electron chi connectivity index (χ2n) is 6.97. The molecule has 3 aromatic carbocycles. The normalized spacial score (nSPS) is 11.7. The van der Waals surface area contributed by atoms with E-state index in [-0.39, 0.29) is 17.3 Å². The fraction of sp³-hybridized carbons (Fsp3) is 0.0476. The molecule has 0 spiro atoms. The Balaban J connectivity index is 1.74. The molecule has 0 aliphatic rings. The van der Waals surface area contributed by atoms with E-state index in [0.29, 0.717) is 11.0 Å². The van der Waals surface area contributed by atoms with Crippen molar-refractivity contribution >= 4 is 44.1 Å². The highest BCUT2D eigenvalue weighted by molar-refractivity contribution is 7.92. The fourth-order valence-electron chi connectivity index (χ4n) is 3.02. The molecule has 0 aliphatic heterocycles. The number of alkyl halides is 3. The average molecular weight is 505 g/mol. The van der Waals surface area contributed by atoms with Gasteiger partial charge in [0.05, 0.1) is 20.9 Å². The van der Waals surface area contributed by atoms with E-state index in [1.165, 1.54) is 18.2 Å². The smallest absolute Gasteiger partial charge is 0.406 e. The quantitative estimate of drug-likeness (QED) is 0.265. The lowest BCUT2D eigenvalue weighted by Crippen LogP contribution is -2.17. The summed E-state index contributed by atoms with van der Waals surface area (Å²) in [5.41, 5.74) is 0.365. The first-order valence-electron chi connectivity index (χ1n) is 9.67. The highest BCUT2D eigenvalue weighted by atomic mass is 32.2. The number of ether oxygens (including phenoxy) is 1. The molecule has 0 saturated carbocycles. The minimum Gasteiger partial charge on any atom is -0.406 e. The lowest BCUT2D eigenvalue weighted by Gasteiger charge is -2.15. The van der Waals surface area contributed by atoms with Gasteiger partial charge < -0.3 is 10.1 Å². The SMILES string of the molecule is O=[N+]([O-])c1cccc(S(=O)(=O)Nc2nc3ccccc3nc2Nc2cccc(OC(F)(F)F)c2)c1. The molecule has 4 rings (SSSR count). The van der Waals surface area contributed by atoms with Gasteiger partial charge in [0.2, 0.25) is 0 Å². The lowest BCUT2D eigenvalue weighted by atomic mass is 10.3. The summed E-state index contributed by atoms with van der Waals surface area (Å²) in [5, 5.41) is 13.8. The van der Waals surface area contributed by atoms with E-state index in [9.17, 15) is 31.7 Å². The Labute approximate surface area is 195 Å². The van der Waals surface area contributed by atoms with Crippen LogP contribution in [0.5, 0.6) is 5.75 Å². The number of nitrogens with zero attached hydrogens (tertiary/aromatic N) is 3. The van der Waals surface area contributed by atoms with Gasteiger partial charge in [-0.05, 0) is 30.3 Å². The molecule has 10 nitrogen and oxygen atoms in total. The molecule has 0 saturated heterocycles. The van der Waals surface area contributed by atoms with Crippen molar-refractivity contribution < 1.29 is 31.2 Å². The van der Waals surface area contributed by atoms with Crippen LogP contribution in [0.25, 0.3) is 11.0 Å². The summed E-state index contributed by atoms with van der Waals surface area (Å²) in [6.07, 6.45) is -4.90. The van der Waals surface area contributed by atoms with Crippen molar-refractivity contribution in [3.63, 3.8) is 0 Å². The largest absolute Gasteiger partial charge is 0.573 e. The van der Waals surface area contributed by atoms with Gasteiger partial charge in [0.15, 0.2) is 11.6 Å². The number of rotatable bonds is 7. The summed E-state index contributed by atoms with van der Waals surface area (Å²) in [6.45, 7) is 0. The molecule has 1 aromatic heterocycles. The van der Waals surface area contributed by atoms with Crippen LogP contribution in [0.1, 0.15) is 0 Å². The molecule has 0 bridgehead atoms. The number of para-hydroxylation sites is 2. The number of sulfonamides is 1. The third-order valence-electron chi connectivity index (χ3n) is 4.47. The molecular formula is C21H14F3N5O5S. The van der Waals surface area contributed by atoms with E-state index in [2.05, 4.69) is 24.7 Å². The van der Waals surface area contributed by atoms with Crippen LogP contribution in [0.15, 0.2) is 77.7 Å².